The fourth-order valence-corrected chi connectivity index (χ4v) is 2.64. The highest BCUT2D eigenvalue weighted by molar-refractivity contribution is 6.00. The minimum atomic E-state index is -0.363. The lowest BCUT2D eigenvalue weighted by atomic mass is 10.1. The van der Waals surface area contributed by atoms with Gasteiger partial charge in [0.2, 0.25) is 0 Å². The van der Waals surface area contributed by atoms with Gasteiger partial charge in [0.25, 0.3) is 5.91 Å². The maximum atomic E-state index is 12.2. The molecule has 6 nitrogen and oxygen atoms in total. The first-order chi connectivity index (χ1) is 14.0. The molecule has 0 atom stereocenters. The third-order valence-electron chi connectivity index (χ3n) is 4.28. The number of carbonyl (C=O) groups excluding carboxylic acids is 2. The Bertz CT molecular complexity index is 1000. The predicted octanol–water partition coefficient (Wildman–Crippen LogP) is 4.96. The number of urea groups is 1. The van der Waals surface area contributed by atoms with Crippen molar-refractivity contribution in [3.63, 3.8) is 0 Å². The molecule has 0 aliphatic rings. The third kappa shape index (κ3) is 6.10. The highest BCUT2D eigenvalue weighted by Gasteiger charge is 2.07. The van der Waals surface area contributed by atoms with Crippen molar-refractivity contribution in [2.24, 2.45) is 0 Å². The second-order valence-electron chi connectivity index (χ2n) is 6.61. The van der Waals surface area contributed by atoms with Crippen LogP contribution in [0.5, 0.6) is 5.75 Å². The molecule has 0 radical (unpaired) electrons. The van der Waals surface area contributed by atoms with Crippen molar-refractivity contribution in [2.45, 2.75) is 13.8 Å². The largest absolute Gasteiger partial charge is 0.484 e. The molecule has 3 aromatic rings. The molecular weight excluding hydrogens is 366 g/mol. The minimum absolute atomic E-state index is 0.103. The number of benzene rings is 3. The van der Waals surface area contributed by atoms with Crippen molar-refractivity contribution in [3.8, 4) is 5.75 Å². The van der Waals surface area contributed by atoms with Crippen LogP contribution in [0.1, 0.15) is 11.1 Å². The Labute approximate surface area is 169 Å². The predicted molar refractivity (Wildman–Crippen MR) is 116 cm³/mol. The Morgan fingerprint density at radius 2 is 1.38 bits per heavy atom. The smallest absolute Gasteiger partial charge is 0.323 e. The summed E-state index contributed by atoms with van der Waals surface area (Å²) in [6.07, 6.45) is 0. The quantitative estimate of drug-likeness (QED) is 0.557. The van der Waals surface area contributed by atoms with E-state index in [1.54, 1.807) is 36.4 Å². The molecule has 0 saturated heterocycles. The zero-order chi connectivity index (χ0) is 20.6. The normalized spacial score (nSPS) is 10.1. The van der Waals surface area contributed by atoms with Crippen LogP contribution in [0, 0.1) is 13.8 Å². The van der Waals surface area contributed by atoms with Crippen LogP contribution in [0.25, 0.3) is 0 Å². The SMILES string of the molecule is Cc1ccc(OCC(=O)Nc2cccc(NC(=O)Nc3ccccc3)c2)cc1C. The van der Waals surface area contributed by atoms with Crippen LogP contribution in [0.15, 0.2) is 72.8 Å². The molecule has 0 aliphatic carbocycles. The standard InChI is InChI=1S/C23H23N3O3/c1-16-11-12-21(13-17(16)2)29-15-22(27)24-19-9-6-10-20(14-19)26-23(28)25-18-7-4-3-5-8-18/h3-14H,15H2,1-2H3,(H,24,27)(H2,25,26,28). The lowest BCUT2D eigenvalue weighted by Crippen LogP contribution is -2.21. The van der Waals surface area contributed by atoms with Crippen molar-refractivity contribution >= 4 is 29.0 Å². The average Bonchev–Trinajstić information content (AvgIpc) is 2.70. The second-order valence-corrected chi connectivity index (χ2v) is 6.61. The second kappa shape index (κ2) is 9.41. The van der Waals surface area contributed by atoms with Crippen LogP contribution in [-0.2, 0) is 4.79 Å². The number of amides is 3. The highest BCUT2D eigenvalue weighted by atomic mass is 16.5. The fourth-order valence-electron chi connectivity index (χ4n) is 2.64. The number of ether oxygens (including phenoxy) is 1. The van der Waals surface area contributed by atoms with Gasteiger partial charge in [-0.2, -0.15) is 0 Å². The Balaban J connectivity index is 1.52. The van der Waals surface area contributed by atoms with Crippen molar-refractivity contribution in [1.82, 2.24) is 0 Å². The lowest BCUT2D eigenvalue weighted by molar-refractivity contribution is -0.118. The van der Waals surface area contributed by atoms with Crippen LogP contribution >= 0.6 is 0 Å². The van der Waals surface area contributed by atoms with E-state index in [4.69, 9.17) is 4.74 Å². The zero-order valence-corrected chi connectivity index (χ0v) is 16.4. The molecule has 0 heterocycles. The van der Waals surface area contributed by atoms with Crippen molar-refractivity contribution in [2.75, 3.05) is 22.6 Å². The van der Waals surface area contributed by atoms with Gasteiger partial charge < -0.3 is 20.7 Å². The molecule has 29 heavy (non-hydrogen) atoms. The van der Waals surface area contributed by atoms with Gasteiger partial charge >= 0.3 is 6.03 Å². The summed E-state index contributed by atoms with van der Waals surface area (Å²) in [5, 5.41) is 8.25. The van der Waals surface area contributed by atoms with Gasteiger partial charge in [0.15, 0.2) is 6.61 Å². The van der Waals surface area contributed by atoms with E-state index in [2.05, 4.69) is 16.0 Å². The first-order valence-electron chi connectivity index (χ1n) is 9.22. The van der Waals surface area contributed by atoms with E-state index in [1.165, 1.54) is 5.56 Å². The number of hydrogen-bond acceptors (Lipinski definition) is 3. The summed E-state index contributed by atoms with van der Waals surface area (Å²) in [6.45, 7) is 3.91. The molecule has 0 fully saturated rings. The molecule has 3 amide bonds. The van der Waals surface area contributed by atoms with Gasteiger partial charge in [0.1, 0.15) is 5.75 Å². The Morgan fingerprint density at radius 3 is 2.10 bits per heavy atom. The number of nitrogens with one attached hydrogen (secondary N) is 3. The van der Waals surface area contributed by atoms with Gasteiger partial charge in [0.05, 0.1) is 0 Å². The molecular formula is C23H23N3O3. The molecule has 0 aliphatic heterocycles. The number of anilines is 3. The van der Waals surface area contributed by atoms with Crippen LogP contribution < -0.4 is 20.7 Å². The summed E-state index contributed by atoms with van der Waals surface area (Å²) in [6, 6.07) is 21.4. The van der Waals surface area contributed by atoms with E-state index in [0.717, 1.165) is 5.56 Å². The van der Waals surface area contributed by atoms with Gasteiger partial charge in [-0.1, -0.05) is 30.3 Å². The topological polar surface area (TPSA) is 79.5 Å². The van der Waals surface area contributed by atoms with Gasteiger partial charge in [0, 0.05) is 17.1 Å². The van der Waals surface area contributed by atoms with E-state index < -0.39 is 0 Å². The number of rotatable bonds is 6. The summed E-state index contributed by atoms with van der Waals surface area (Å²) in [4.78, 5) is 24.3. The van der Waals surface area contributed by atoms with Crippen molar-refractivity contribution in [3.05, 3.63) is 83.9 Å². The Kier molecular flexibility index (Phi) is 6.47. The molecule has 0 saturated carbocycles. The van der Waals surface area contributed by atoms with E-state index in [-0.39, 0.29) is 18.5 Å². The summed E-state index contributed by atoms with van der Waals surface area (Å²) in [7, 11) is 0. The van der Waals surface area contributed by atoms with Gasteiger partial charge in [-0.05, 0) is 67.4 Å². The monoisotopic (exact) mass is 389 g/mol. The van der Waals surface area contributed by atoms with Gasteiger partial charge in [-0.15, -0.1) is 0 Å². The first-order valence-corrected chi connectivity index (χ1v) is 9.22. The van der Waals surface area contributed by atoms with Crippen LogP contribution in [0.4, 0.5) is 21.9 Å². The zero-order valence-electron chi connectivity index (χ0n) is 16.4. The molecule has 0 aromatic heterocycles. The molecule has 3 rings (SSSR count). The molecule has 148 valence electrons. The minimum Gasteiger partial charge on any atom is -0.484 e. The number of hydrogen-bond donors (Lipinski definition) is 3. The van der Waals surface area contributed by atoms with E-state index in [1.807, 2.05) is 50.2 Å². The highest BCUT2D eigenvalue weighted by Crippen LogP contribution is 2.18. The third-order valence-corrected chi connectivity index (χ3v) is 4.28. The molecule has 6 heteroatoms. The number of aryl methyl sites for hydroxylation is 2. The molecule has 0 bridgehead atoms. The maximum Gasteiger partial charge on any atom is 0.323 e. The van der Waals surface area contributed by atoms with Crippen molar-refractivity contribution < 1.29 is 14.3 Å². The lowest BCUT2D eigenvalue weighted by Gasteiger charge is -2.11. The maximum absolute atomic E-state index is 12.2. The number of carbonyl (C=O) groups is 2. The van der Waals surface area contributed by atoms with Gasteiger partial charge in [-0.3, -0.25) is 4.79 Å². The van der Waals surface area contributed by atoms with E-state index in [9.17, 15) is 9.59 Å². The first kappa shape index (κ1) is 19.9. The summed E-state index contributed by atoms with van der Waals surface area (Å²) >= 11 is 0. The molecule has 3 aromatic carbocycles. The van der Waals surface area contributed by atoms with Crippen molar-refractivity contribution in [1.29, 1.82) is 0 Å². The van der Waals surface area contributed by atoms with Gasteiger partial charge in [-0.25, -0.2) is 4.79 Å². The van der Waals surface area contributed by atoms with E-state index >= 15 is 0 Å². The van der Waals surface area contributed by atoms with Crippen LogP contribution in [-0.4, -0.2) is 18.5 Å². The van der Waals surface area contributed by atoms with Crippen LogP contribution in [0.2, 0.25) is 0 Å². The average molecular weight is 389 g/mol. The van der Waals surface area contributed by atoms with E-state index in [0.29, 0.717) is 22.8 Å². The Morgan fingerprint density at radius 1 is 0.724 bits per heavy atom. The molecule has 0 spiro atoms. The van der Waals surface area contributed by atoms with Crippen LogP contribution in [0.3, 0.4) is 0 Å². The summed E-state index contributed by atoms with van der Waals surface area (Å²) < 4.78 is 5.55. The Hall–Kier alpha value is -3.80. The number of para-hydroxylation sites is 1. The molecule has 0 unspecified atom stereocenters. The fraction of sp³-hybridized carbons (Fsp3) is 0.130. The summed E-state index contributed by atoms with van der Waals surface area (Å²) in [5.41, 5.74) is 4.10. The summed E-state index contributed by atoms with van der Waals surface area (Å²) in [5.74, 6) is 0.366. The molecule has 3 N–H and O–H groups in total.